The van der Waals surface area contributed by atoms with E-state index in [1.54, 1.807) is 12.1 Å². The molecule has 27 heavy (non-hydrogen) atoms. The highest BCUT2D eigenvalue weighted by Gasteiger charge is 2.15. The van der Waals surface area contributed by atoms with Gasteiger partial charge in [0.1, 0.15) is 5.58 Å². The number of hydrogen-bond acceptors (Lipinski definition) is 4. The van der Waals surface area contributed by atoms with E-state index in [-0.39, 0.29) is 11.3 Å². The lowest BCUT2D eigenvalue weighted by Gasteiger charge is -2.10. The molecule has 0 unspecified atom stereocenters. The Balaban J connectivity index is 1.50. The molecule has 3 aromatic rings. The van der Waals surface area contributed by atoms with Gasteiger partial charge in [-0.05, 0) is 54.2 Å². The Hall–Kier alpha value is -2.92. The molecule has 1 saturated heterocycles. The number of ether oxygens (including phenoxy) is 1. The van der Waals surface area contributed by atoms with Crippen LogP contribution >= 0.6 is 0 Å². The number of hydrogen-bond donors (Lipinski definition) is 1. The molecule has 0 spiro atoms. The van der Waals surface area contributed by atoms with Gasteiger partial charge >= 0.3 is 0 Å². The summed E-state index contributed by atoms with van der Waals surface area (Å²) in [6, 6.07) is 14.3. The van der Waals surface area contributed by atoms with Crippen molar-refractivity contribution in [1.29, 1.82) is 0 Å². The first-order valence-electron chi connectivity index (χ1n) is 9.19. The zero-order valence-electron chi connectivity index (χ0n) is 14.9. The molecule has 0 saturated carbocycles. The first-order chi connectivity index (χ1) is 13.2. The van der Waals surface area contributed by atoms with E-state index in [2.05, 4.69) is 5.32 Å². The lowest BCUT2D eigenvalue weighted by molar-refractivity contribution is 0.0950. The number of carbonyl (C=O) groups is 1. The number of nitrogens with one attached hydrogen (secondary N) is 1. The van der Waals surface area contributed by atoms with Crippen LogP contribution in [0.15, 0.2) is 64.0 Å². The summed E-state index contributed by atoms with van der Waals surface area (Å²) in [7, 11) is 0. The third-order valence-corrected chi connectivity index (χ3v) is 4.98. The van der Waals surface area contributed by atoms with Gasteiger partial charge in [0.15, 0.2) is 5.43 Å². The second kappa shape index (κ2) is 7.76. The monoisotopic (exact) mass is 363 g/mol. The largest absolute Gasteiger partial charge is 0.464 e. The topological polar surface area (TPSA) is 68.5 Å². The first kappa shape index (κ1) is 17.5. The van der Waals surface area contributed by atoms with E-state index in [9.17, 15) is 9.59 Å². The molecule has 1 aliphatic rings. The average molecular weight is 363 g/mol. The SMILES string of the molecule is O=C(NCC[C@@H]1CCOC1)c1cccc(-c2ccc3c(=O)ccoc3c2)c1. The van der Waals surface area contributed by atoms with Crippen molar-refractivity contribution in [3.8, 4) is 11.1 Å². The molecular weight excluding hydrogens is 342 g/mol. The van der Waals surface area contributed by atoms with Gasteiger partial charge in [-0.3, -0.25) is 9.59 Å². The summed E-state index contributed by atoms with van der Waals surface area (Å²) in [6.07, 6.45) is 3.41. The van der Waals surface area contributed by atoms with Crippen LogP contribution in [0.1, 0.15) is 23.2 Å². The van der Waals surface area contributed by atoms with Crippen LogP contribution in [0.4, 0.5) is 0 Å². The highest BCUT2D eigenvalue weighted by atomic mass is 16.5. The molecule has 1 fully saturated rings. The van der Waals surface area contributed by atoms with E-state index in [1.165, 1.54) is 12.3 Å². The summed E-state index contributed by atoms with van der Waals surface area (Å²) < 4.78 is 10.8. The van der Waals surface area contributed by atoms with Crippen molar-refractivity contribution in [3.63, 3.8) is 0 Å². The molecule has 1 N–H and O–H groups in total. The summed E-state index contributed by atoms with van der Waals surface area (Å²) in [5.41, 5.74) is 2.89. The van der Waals surface area contributed by atoms with Crippen LogP contribution in [0.25, 0.3) is 22.1 Å². The molecular formula is C22H21NO4. The molecule has 1 amide bonds. The van der Waals surface area contributed by atoms with Crippen LogP contribution in [0.2, 0.25) is 0 Å². The van der Waals surface area contributed by atoms with E-state index >= 15 is 0 Å². The van der Waals surface area contributed by atoms with Crippen molar-refractivity contribution in [2.45, 2.75) is 12.8 Å². The Morgan fingerprint density at radius 3 is 2.85 bits per heavy atom. The predicted molar refractivity (Wildman–Crippen MR) is 104 cm³/mol. The number of carbonyl (C=O) groups excluding carboxylic acids is 1. The van der Waals surface area contributed by atoms with Crippen LogP contribution in [0.3, 0.4) is 0 Å². The maximum absolute atomic E-state index is 12.5. The molecule has 5 heteroatoms. The summed E-state index contributed by atoms with van der Waals surface area (Å²) in [5, 5.41) is 3.53. The molecule has 1 atom stereocenters. The quantitative estimate of drug-likeness (QED) is 0.752. The molecule has 4 rings (SSSR count). The van der Waals surface area contributed by atoms with Gasteiger partial charge in [0.25, 0.3) is 5.91 Å². The van der Waals surface area contributed by atoms with Crippen LogP contribution in [-0.2, 0) is 4.74 Å². The van der Waals surface area contributed by atoms with Crippen molar-refractivity contribution >= 4 is 16.9 Å². The second-order valence-corrected chi connectivity index (χ2v) is 6.85. The number of benzene rings is 2. The van der Waals surface area contributed by atoms with Gasteiger partial charge < -0.3 is 14.5 Å². The Kier molecular flexibility index (Phi) is 5.03. The van der Waals surface area contributed by atoms with Gasteiger partial charge in [0.05, 0.1) is 11.6 Å². The second-order valence-electron chi connectivity index (χ2n) is 6.85. The standard InChI is InChI=1S/C22H21NO4/c24-20-8-11-27-21-13-17(4-5-19(20)21)16-2-1-3-18(12-16)22(25)23-9-6-15-7-10-26-14-15/h1-5,8,11-13,15H,6-7,9-10,14H2,(H,23,25)/t15-/m1/s1. The normalized spacial score (nSPS) is 16.5. The van der Waals surface area contributed by atoms with E-state index in [4.69, 9.17) is 9.15 Å². The van der Waals surface area contributed by atoms with Crippen LogP contribution in [0, 0.1) is 5.92 Å². The Morgan fingerprint density at radius 2 is 2.00 bits per heavy atom. The van der Waals surface area contributed by atoms with Gasteiger partial charge in [0, 0.05) is 31.4 Å². The van der Waals surface area contributed by atoms with E-state index < -0.39 is 0 Å². The van der Waals surface area contributed by atoms with E-state index in [1.807, 2.05) is 30.3 Å². The third kappa shape index (κ3) is 3.93. The van der Waals surface area contributed by atoms with Crippen LogP contribution in [0.5, 0.6) is 0 Å². The zero-order valence-corrected chi connectivity index (χ0v) is 14.9. The maximum Gasteiger partial charge on any atom is 0.251 e. The fourth-order valence-electron chi connectivity index (χ4n) is 3.40. The van der Waals surface area contributed by atoms with Gasteiger partial charge in [0.2, 0.25) is 0 Å². The van der Waals surface area contributed by atoms with Crippen LogP contribution in [-0.4, -0.2) is 25.7 Å². The van der Waals surface area contributed by atoms with Crippen molar-refractivity contribution in [2.75, 3.05) is 19.8 Å². The highest BCUT2D eigenvalue weighted by molar-refractivity contribution is 5.95. The van der Waals surface area contributed by atoms with Crippen molar-refractivity contribution in [1.82, 2.24) is 5.32 Å². The maximum atomic E-state index is 12.5. The van der Waals surface area contributed by atoms with Crippen molar-refractivity contribution in [2.24, 2.45) is 5.92 Å². The summed E-state index contributed by atoms with van der Waals surface area (Å²) >= 11 is 0. The molecule has 1 aromatic heterocycles. The Labute approximate surface area is 157 Å². The number of fused-ring (bicyclic) bond motifs is 1. The summed E-state index contributed by atoms with van der Waals surface area (Å²) in [4.78, 5) is 24.3. The first-order valence-corrected chi connectivity index (χ1v) is 9.19. The van der Waals surface area contributed by atoms with Crippen molar-refractivity contribution in [3.05, 3.63) is 70.6 Å². The molecule has 5 nitrogen and oxygen atoms in total. The molecule has 0 radical (unpaired) electrons. The predicted octanol–water partition coefficient (Wildman–Crippen LogP) is 3.62. The molecule has 2 aromatic carbocycles. The van der Waals surface area contributed by atoms with E-state index in [0.717, 1.165) is 37.2 Å². The van der Waals surface area contributed by atoms with Crippen molar-refractivity contribution < 1.29 is 13.9 Å². The summed E-state index contributed by atoms with van der Waals surface area (Å²) in [5.74, 6) is 0.465. The fourth-order valence-corrected chi connectivity index (χ4v) is 3.40. The molecule has 138 valence electrons. The average Bonchev–Trinajstić information content (AvgIpc) is 3.21. The molecule has 1 aliphatic heterocycles. The number of amides is 1. The lowest BCUT2D eigenvalue weighted by atomic mass is 10.0. The zero-order chi connectivity index (χ0) is 18.6. The minimum absolute atomic E-state index is 0.0661. The van der Waals surface area contributed by atoms with Gasteiger partial charge in [-0.25, -0.2) is 0 Å². The smallest absolute Gasteiger partial charge is 0.251 e. The minimum atomic E-state index is -0.0805. The van der Waals surface area contributed by atoms with Gasteiger partial charge in [-0.1, -0.05) is 18.2 Å². The van der Waals surface area contributed by atoms with E-state index in [0.29, 0.717) is 29.0 Å². The van der Waals surface area contributed by atoms with Crippen LogP contribution < -0.4 is 10.7 Å². The fraction of sp³-hybridized carbons (Fsp3) is 0.273. The van der Waals surface area contributed by atoms with Gasteiger partial charge in [-0.15, -0.1) is 0 Å². The third-order valence-electron chi connectivity index (χ3n) is 4.98. The molecule has 0 aliphatic carbocycles. The number of rotatable bonds is 5. The summed E-state index contributed by atoms with van der Waals surface area (Å²) in [6.45, 7) is 2.27. The molecule has 0 bridgehead atoms. The lowest BCUT2D eigenvalue weighted by Crippen LogP contribution is -2.26. The highest BCUT2D eigenvalue weighted by Crippen LogP contribution is 2.24. The molecule has 2 heterocycles. The minimum Gasteiger partial charge on any atom is -0.464 e. The Bertz CT molecular complexity index is 1020. The Morgan fingerprint density at radius 1 is 1.11 bits per heavy atom. The van der Waals surface area contributed by atoms with Gasteiger partial charge in [-0.2, -0.15) is 0 Å².